The van der Waals surface area contributed by atoms with Crippen LogP contribution >= 0.6 is 11.6 Å². The van der Waals surface area contributed by atoms with E-state index in [-0.39, 0.29) is 33.7 Å². The summed E-state index contributed by atoms with van der Waals surface area (Å²) in [4.78, 5) is 23.5. The first kappa shape index (κ1) is 24.4. The average molecular weight is 512 g/mol. The summed E-state index contributed by atoms with van der Waals surface area (Å²) in [7, 11) is 0. The predicted molar refractivity (Wildman–Crippen MR) is 136 cm³/mol. The summed E-state index contributed by atoms with van der Waals surface area (Å²) < 4.78 is 26.5. The highest BCUT2D eigenvalue weighted by Crippen LogP contribution is 2.31. The minimum atomic E-state index is -0.585. The molecule has 188 valence electrons. The standard InChI is InChI=1S/C26H27ClFN5O3/c27-21-15-30-26-31-19-4-6-23(33-8-11-35-12-9-33)18(13-19)16-36-10-2-1-7-29-25(34)17-3-5-20(22(28)14-17)24(21)32-26/h3-6,13-15H,1-2,7-12,16H2,(H,29,34)(H,30,31,32). The zero-order valence-corrected chi connectivity index (χ0v) is 20.5. The van der Waals surface area contributed by atoms with E-state index >= 15 is 4.39 Å². The van der Waals surface area contributed by atoms with Crippen LogP contribution in [-0.4, -0.2) is 55.3 Å². The fraction of sp³-hybridized carbons (Fsp3) is 0.346. The lowest BCUT2D eigenvalue weighted by Gasteiger charge is -2.31. The zero-order chi connectivity index (χ0) is 24.9. The van der Waals surface area contributed by atoms with Gasteiger partial charge in [0.05, 0.1) is 36.7 Å². The maximum absolute atomic E-state index is 15.0. The molecule has 0 radical (unpaired) electrons. The number of hydrogen-bond donors (Lipinski definition) is 2. The van der Waals surface area contributed by atoms with E-state index < -0.39 is 5.82 Å². The zero-order valence-electron chi connectivity index (χ0n) is 19.7. The molecule has 0 unspecified atom stereocenters. The second-order valence-electron chi connectivity index (χ2n) is 8.67. The average Bonchev–Trinajstić information content (AvgIpc) is 2.89. The van der Waals surface area contributed by atoms with Crippen LogP contribution in [0.15, 0.2) is 42.6 Å². The highest BCUT2D eigenvalue weighted by atomic mass is 35.5. The lowest BCUT2D eigenvalue weighted by Crippen LogP contribution is -2.36. The molecule has 3 aliphatic rings. The molecule has 0 spiro atoms. The molecular formula is C26H27ClFN5O3. The van der Waals surface area contributed by atoms with E-state index in [4.69, 9.17) is 21.1 Å². The molecule has 3 aromatic rings. The largest absolute Gasteiger partial charge is 0.378 e. The van der Waals surface area contributed by atoms with Gasteiger partial charge in [-0.25, -0.2) is 14.4 Å². The van der Waals surface area contributed by atoms with Crippen molar-refractivity contribution in [2.75, 3.05) is 49.7 Å². The Hall–Kier alpha value is -3.27. The van der Waals surface area contributed by atoms with Gasteiger partial charge in [0.25, 0.3) is 5.91 Å². The molecule has 1 saturated heterocycles. The van der Waals surface area contributed by atoms with E-state index in [1.165, 1.54) is 18.3 Å². The van der Waals surface area contributed by atoms with Crippen LogP contribution in [-0.2, 0) is 16.1 Å². The molecule has 4 heterocycles. The minimum Gasteiger partial charge on any atom is -0.378 e. The maximum Gasteiger partial charge on any atom is 0.251 e. The molecule has 1 fully saturated rings. The molecule has 6 bridgehead atoms. The molecule has 0 atom stereocenters. The number of carbonyl (C=O) groups is 1. The smallest absolute Gasteiger partial charge is 0.251 e. The maximum atomic E-state index is 15.0. The van der Waals surface area contributed by atoms with Gasteiger partial charge >= 0.3 is 0 Å². The van der Waals surface area contributed by atoms with Crippen LogP contribution in [0.5, 0.6) is 0 Å². The Bertz CT molecular complexity index is 1250. The summed E-state index contributed by atoms with van der Waals surface area (Å²) in [5, 5.41) is 6.25. The summed E-state index contributed by atoms with van der Waals surface area (Å²) in [5.74, 6) is -0.640. The van der Waals surface area contributed by atoms with E-state index in [2.05, 4.69) is 31.6 Å². The first-order chi connectivity index (χ1) is 17.6. The second-order valence-corrected chi connectivity index (χ2v) is 9.08. The summed E-state index contributed by atoms with van der Waals surface area (Å²) in [6.07, 6.45) is 2.97. The van der Waals surface area contributed by atoms with Gasteiger partial charge in [-0.15, -0.1) is 0 Å². The predicted octanol–water partition coefficient (Wildman–Crippen LogP) is 4.56. The van der Waals surface area contributed by atoms with Crippen LogP contribution in [0.25, 0.3) is 11.3 Å². The fourth-order valence-electron chi connectivity index (χ4n) is 4.30. The number of rotatable bonds is 1. The molecule has 10 heteroatoms. The molecule has 2 aromatic carbocycles. The summed E-state index contributed by atoms with van der Waals surface area (Å²) in [6.45, 7) is 4.47. The van der Waals surface area contributed by atoms with Crippen molar-refractivity contribution in [3.8, 4) is 11.3 Å². The lowest BCUT2D eigenvalue weighted by atomic mass is 10.1. The van der Waals surface area contributed by atoms with Gasteiger partial charge < -0.3 is 25.0 Å². The molecule has 0 saturated carbocycles. The molecule has 1 aromatic heterocycles. The van der Waals surface area contributed by atoms with Crippen LogP contribution in [0, 0.1) is 5.82 Å². The van der Waals surface area contributed by atoms with Gasteiger partial charge in [0.15, 0.2) is 0 Å². The molecule has 0 aliphatic carbocycles. The highest BCUT2D eigenvalue weighted by Gasteiger charge is 2.18. The number of amides is 1. The molecule has 1 amide bonds. The summed E-state index contributed by atoms with van der Waals surface area (Å²) in [6, 6.07) is 10.3. The Morgan fingerprint density at radius 3 is 2.72 bits per heavy atom. The first-order valence-electron chi connectivity index (χ1n) is 12.0. The molecule has 3 aliphatic heterocycles. The van der Waals surface area contributed by atoms with Gasteiger partial charge in [-0.3, -0.25) is 4.79 Å². The van der Waals surface area contributed by atoms with E-state index in [1.54, 1.807) is 6.07 Å². The number of benzene rings is 2. The first-order valence-corrected chi connectivity index (χ1v) is 12.4. The van der Waals surface area contributed by atoms with Crippen LogP contribution in [0.2, 0.25) is 5.02 Å². The molecule has 6 rings (SSSR count). The van der Waals surface area contributed by atoms with Crippen molar-refractivity contribution in [3.05, 3.63) is 64.6 Å². The number of hydrogen-bond acceptors (Lipinski definition) is 7. The van der Waals surface area contributed by atoms with E-state index in [0.29, 0.717) is 33.0 Å². The minimum absolute atomic E-state index is 0.191. The SMILES string of the molecule is O=C1NCCCCOCc2cc(ccc2N2CCOCC2)Nc2ncc(Cl)c(n2)-c2ccc1cc2F. The van der Waals surface area contributed by atoms with Crippen LogP contribution in [0.3, 0.4) is 0 Å². The number of nitrogens with one attached hydrogen (secondary N) is 2. The van der Waals surface area contributed by atoms with Crippen LogP contribution in [0.4, 0.5) is 21.7 Å². The lowest BCUT2D eigenvalue weighted by molar-refractivity contribution is 0.0945. The molecule has 8 nitrogen and oxygen atoms in total. The van der Waals surface area contributed by atoms with Crippen molar-refractivity contribution in [1.29, 1.82) is 0 Å². The number of morpholine rings is 1. The van der Waals surface area contributed by atoms with Crippen LogP contribution in [0.1, 0.15) is 28.8 Å². The van der Waals surface area contributed by atoms with Gasteiger partial charge in [0.2, 0.25) is 5.95 Å². The van der Waals surface area contributed by atoms with E-state index in [9.17, 15) is 4.79 Å². The van der Waals surface area contributed by atoms with Crippen molar-refractivity contribution in [1.82, 2.24) is 15.3 Å². The topological polar surface area (TPSA) is 88.6 Å². The third-order valence-corrected chi connectivity index (χ3v) is 6.45. The third-order valence-electron chi connectivity index (χ3n) is 6.18. The van der Waals surface area contributed by atoms with E-state index in [1.807, 2.05) is 12.1 Å². The Morgan fingerprint density at radius 1 is 1.03 bits per heavy atom. The van der Waals surface area contributed by atoms with Crippen molar-refractivity contribution in [2.45, 2.75) is 19.4 Å². The monoisotopic (exact) mass is 511 g/mol. The van der Waals surface area contributed by atoms with Gasteiger partial charge in [-0.05, 0) is 49.2 Å². The highest BCUT2D eigenvalue weighted by molar-refractivity contribution is 6.32. The summed E-state index contributed by atoms with van der Waals surface area (Å²) in [5.41, 5.74) is 3.58. The number of anilines is 3. The molecule has 2 N–H and O–H groups in total. The van der Waals surface area contributed by atoms with Gasteiger partial charge in [0.1, 0.15) is 5.82 Å². The fourth-order valence-corrected chi connectivity index (χ4v) is 4.49. The second kappa shape index (κ2) is 11.2. The van der Waals surface area contributed by atoms with Crippen LogP contribution < -0.4 is 15.5 Å². The Balaban J connectivity index is 1.50. The van der Waals surface area contributed by atoms with Crippen molar-refractivity contribution in [3.63, 3.8) is 0 Å². The number of ether oxygens (including phenoxy) is 2. The number of nitrogens with zero attached hydrogens (tertiary/aromatic N) is 3. The number of halogens is 2. The Kier molecular flexibility index (Phi) is 7.60. The third kappa shape index (κ3) is 5.59. The van der Waals surface area contributed by atoms with Crippen molar-refractivity contribution < 1.29 is 18.7 Å². The normalized spacial score (nSPS) is 16.9. The van der Waals surface area contributed by atoms with E-state index in [0.717, 1.165) is 42.9 Å². The molecular weight excluding hydrogens is 485 g/mol. The van der Waals surface area contributed by atoms with Crippen molar-refractivity contribution >= 4 is 34.8 Å². The molecule has 36 heavy (non-hydrogen) atoms. The van der Waals surface area contributed by atoms with Gasteiger partial charge in [-0.1, -0.05) is 11.6 Å². The number of carbonyl (C=O) groups excluding carboxylic acids is 1. The quantitative estimate of drug-likeness (QED) is 0.495. The Morgan fingerprint density at radius 2 is 1.89 bits per heavy atom. The number of aromatic nitrogens is 2. The Labute approximate surface area is 213 Å². The van der Waals surface area contributed by atoms with Gasteiger partial charge in [0, 0.05) is 54.3 Å². The number of fused-ring (bicyclic) bond motifs is 9. The summed E-state index contributed by atoms with van der Waals surface area (Å²) >= 11 is 6.33. The van der Waals surface area contributed by atoms with Gasteiger partial charge in [-0.2, -0.15) is 0 Å². The van der Waals surface area contributed by atoms with Crippen molar-refractivity contribution in [2.24, 2.45) is 0 Å².